The van der Waals surface area contributed by atoms with Crippen molar-refractivity contribution in [2.24, 2.45) is 0 Å². The number of benzene rings is 3. The third kappa shape index (κ3) is 4.86. The average molecular weight is 427 g/mol. The molecule has 3 aromatic rings. The lowest BCUT2D eigenvalue weighted by atomic mass is 10.0. The number of rotatable bonds is 6. The summed E-state index contributed by atoms with van der Waals surface area (Å²) in [5.41, 5.74) is 2.92. The number of aryl methyl sites for hydroxylation is 1. The Hall–Kier alpha value is -3.19. The minimum atomic E-state index is -3.78. The van der Waals surface area contributed by atoms with Crippen LogP contribution in [-0.4, -0.2) is 14.3 Å². The largest absolute Gasteiger partial charge is 0.346 e. The molecule has 7 heteroatoms. The molecule has 0 radical (unpaired) electrons. The second-order valence-electron chi connectivity index (χ2n) is 7.14. The van der Waals surface area contributed by atoms with Gasteiger partial charge in [-0.3, -0.25) is 9.52 Å². The lowest BCUT2D eigenvalue weighted by molar-refractivity contribution is 0.0939. The van der Waals surface area contributed by atoms with E-state index in [1.165, 1.54) is 24.3 Å². The fourth-order valence-electron chi connectivity index (χ4n) is 3.02. The van der Waals surface area contributed by atoms with Crippen LogP contribution in [0.2, 0.25) is 0 Å². The van der Waals surface area contributed by atoms with Gasteiger partial charge in [-0.15, -0.1) is 0 Å². The first kappa shape index (κ1) is 21.5. The molecule has 0 spiro atoms. The van der Waals surface area contributed by atoms with Gasteiger partial charge < -0.3 is 5.32 Å². The van der Waals surface area contributed by atoms with Crippen LogP contribution >= 0.6 is 0 Å². The Kier molecular flexibility index (Phi) is 6.22. The Balaban J connectivity index is 1.81. The SMILES string of the molecule is Cc1ccc(S(=O)(=O)Nc2cccc(C(=O)N[C@H](C)c3ccc(F)cc3)c2C)cc1. The molecule has 2 N–H and O–H groups in total. The van der Waals surface area contributed by atoms with Crippen molar-refractivity contribution >= 4 is 21.6 Å². The summed E-state index contributed by atoms with van der Waals surface area (Å²) < 4.78 is 41.1. The molecule has 0 unspecified atom stereocenters. The van der Waals surface area contributed by atoms with E-state index >= 15 is 0 Å². The summed E-state index contributed by atoms with van der Waals surface area (Å²) in [6, 6.07) is 16.9. The Bertz CT molecular complexity index is 1160. The van der Waals surface area contributed by atoms with E-state index in [9.17, 15) is 17.6 Å². The number of carbonyl (C=O) groups is 1. The molecule has 0 aliphatic heterocycles. The highest BCUT2D eigenvalue weighted by molar-refractivity contribution is 7.92. The maximum Gasteiger partial charge on any atom is 0.261 e. The van der Waals surface area contributed by atoms with Crippen LogP contribution in [0.25, 0.3) is 0 Å². The summed E-state index contributed by atoms with van der Waals surface area (Å²) in [5.74, 6) is -0.692. The summed E-state index contributed by atoms with van der Waals surface area (Å²) in [5, 5.41) is 2.86. The molecule has 0 aromatic heterocycles. The lowest BCUT2D eigenvalue weighted by Gasteiger charge is -2.17. The molecule has 0 bridgehead atoms. The van der Waals surface area contributed by atoms with E-state index < -0.39 is 10.0 Å². The molecule has 0 aliphatic carbocycles. The highest BCUT2D eigenvalue weighted by Gasteiger charge is 2.19. The maximum absolute atomic E-state index is 13.1. The Morgan fingerprint density at radius 2 is 1.57 bits per heavy atom. The van der Waals surface area contributed by atoms with Gasteiger partial charge in [0.2, 0.25) is 0 Å². The van der Waals surface area contributed by atoms with Gasteiger partial charge in [0, 0.05) is 5.56 Å². The fourth-order valence-corrected chi connectivity index (χ4v) is 4.15. The second kappa shape index (κ2) is 8.67. The van der Waals surface area contributed by atoms with Gasteiger partial charge in [0.05, 0.1) is 16.6 Å². The van der Waals surface area contributed by atoms with Gasteiger partial charge in [0.15, 0.2) is 0 Å². The van der Waals surface area contributed by atoms with Crippen molar-refractivity contribution in [1.29, 1.82) is 0 Å². The van der Waals surface area contributed by atoms with Crippen molar-refractivity contribution in [1.82, 2.24) is 5.32 Å². The molecule has 3 aromatic carbocycles. The molecular weight excluding hydrogens is 403 g/mol. The zero-order valence-electron chi connectivity index (χ0n) is 16.9. The van der Waals surface area contributed by atoms with Gasteiger partial charge in [-0.05, 0) is 68.3 Å². The van der Waals surface area contributed by atoms with Crippen LogP contribution < -0.4 is 10.0 Å². The summed E-state index contributed by atoms with van der Waals surface area (Å²) in [6.45, 7) is 5.36. The van der Waals surface area contributed by atoms with E-state index in [1.54, 1.807) is 56.3 Å². The molecule has 156 valence electrons. The van der Waals surface area contributed by atoms with E-state index in [2.05, 4.69) is 10.0 Å². The Morgan fingerprint density at radius 3 is 2.20 bits per heavy atom. The minimum Gasteiger partial charge on any atom is -0.346 e. The zero-order chi connectivity index (χ0) is 21.9. The first-order chi connectivity index (χ1) is 14.2. The first-order valence-electron chi connectivity index (χ1n) is 9.43. The minimum absolute atomic E-state index is 0.146. The molecule has 5 nitrogen and oxygen atoms in total. The van der Waals surface area contributed by atoms with Gasteiger partial charge in [-0.2, -0.15) is 0 Å². The van der Waals surface area contributed by atoms with Crippen molar-refractivity contribution in [3.8, 4) is 0 Å². The van der Waals surface area contributed by atoms with Crippen LogP contribution in [0.3, 0.4) is 0 Å². The summed E-state index contributed by atoms with van der Waals surface area (Å²) in [4.78, 5) is 12.9. The summed E-state index contributed by atoms with van der Waals surface area (Å²) in [6.07, 6.45) is 0. The predicted molar refractivity (Wildman–Crippen MR) is 115 cm³/mol. The number of hydrogen-bond donors (Lipinski definition) is 2. The van der Waals surface area contributed by atoms with Gasteiger partial charge >= 0.3 is 0 Å². The normalized spacial score (nSPS) is 12.3. The van der Waals surface area contributed by atoms with Crippen molar-refractivity contribution in [2.45, 2.75) is 31.7 Å². The number of nitrogens with one attached hydrogen (secondary N) is 2. The summed E-state index contributed by atoms with van der Waals surface area (Å²) in [7, 11) is -3.78. The Labute approximate surface area is 176 Å². The van der Waals surface area contributed by atoms with Crippen LogP contribution in [0.5, 0.6) is 0 Å². The van der Waals surface area contributed by atoms with Crippen molar-refractivity contribution in [2.75, 3.05) is 4.72 Å². The highest BCUT2D eigenvalue weighted by atomic mass is 32.2. The first-order valence-corrected chi connectivity index (χ1v) is 10.9. The van der Waals surface area contributed by atoms with Crippen molar-refractivity contribution < 1.29 is 17.6 Å². The smallest absolute Gasteiger partial charge is 0.261 e. The standard InChI is InChI=1S/C23H23FN2O3S/c1-15-7-13-20(14-8-15)30(28,29)26-22-6-4-5-21(16(22)2)23(27)25-17(3)18-9-11-19(24)12-10-18/h4-14,17,26H,1-3H3,(H,25,27)/t17-/m1/s1. The van der Waals surface area contributed by atoms with Crippen LogP contribution in [0.4, 0.5) is 10.1 Å². The maximum atomic E-state index is 13.1. The molecule has 30 heavy (non-hydrogen) atoms. The van der Waals surface area contributed by atoms with Gasteiger partial charge in [0.25, 0.3) is 15.9 Å². The Morgan fingerprint density at radius 1 is 0.933 bits per heavy atom. The number of hydrogen-bond acceptors (Lipinski definition) is 3. The third-order valence-corrected chi connectivity index (χ3v) is 6.25. The van der Waals surface area contributed by atoms with Crippen LogP contribution in [0, 0.1) is 19.7 Å². The molecule has 0 fully saturated rings. The lowest BCUT2D eigenvalue weighted by Crippen LogP contribution is -2.27. The number of carbonyl (C=O) groups excluding carboxylic acids is 1. The van der Waals surface area contributed by atoms with Crippen LogP contribution in [0.1, 0.15) is 40.0 Å². The van der Waals surface area contributed by atoms with E-state index in [1.807, 2.05) is 6.92 Å². The molecule has 0 aliphatic rings. The molecule has 3 rings (SSSR count). The second-order valence-corrected chi connectivity index (χ2v) is 8.83. The fraction of sp³-hybridized carbons (Fsp3) is 0.174. The van der Waals surface area contributed by atoms with Gasteiger partial charge in [-0.1, -0.05) is 35.9 Å². The van der Waals surface area contributed by atoms with Crippen LogP contribution in [0.15, 0.2) is 71.6 Å². The topological polar surface area (TPSA) is 75.3 Å². The van der Waals surface area contributed by atoms with Gasteiger partial charge in [0.1, 0.15) is 5.82 Å². The average Bonchev–Trinajstić information content (AvgIpc) is 2.70. The molecule has 0 saturated carbocycles. The van der Waals surface area contributed by atoms with Crippen LogP contribution in [-0.2, 0) is 10.0 Å². The number of sulfonamides is 1. The number of amides is 1. The molecule has 1 amide bonds. The molecule has 0 heterocycles. The monoisotopic (exact) mass is 426 g/mol. The molecular formula is C23H23FN2O3S. The predicted octanol–water partition coefficient (Wildman–Crippen LogP) is 4.73. The summed E-state index contributed by atoms with van der Waals surface area (Å²) >= 11 is 0. The molecule has 1 atom stereocenters. The van der Waals surface area contributed by atoms with E-state index in [-0.39, 0.29) is 22.7 Å². The highest BCUT2D eigenvalue weighted by Crippen LogP contribution is 2.24. The van der Waals surface area contributed by atoms with E-state index in [0.717, 1.165) is 11.1 Å². The van der Waals surface area contributed by atoms with Crippen molar-refractivity contribution in [3.05, 3.63) is 94.8 Å². The molecule has 0 saturated heterocycles. The zero-order valence-corrected chi connectivity index (χ0v) is 17.8. The van der Waals surface area contributed by atoms with E-state index in [0.29, 0.717) is 16.8 Å². The van der Waals surface area contributed by atoms with Gasteiger partial charge in [-0.25, -0.2) is 12.8 Å². The quantitative estimate of drug-likeness (QED) is 0.598. The van der Waals surface area contributed by atoms with Crippen molar-refractivity contribution in [3.63, 3.8) is 0 Å². The number of anilines is 1. The third-order valence-electron chi connectivity index (χ3n) is 4.87. The van der Waals surface area contributed by atoms with E-state index in [4.69, 9.17) is 0 Å². The number of halogens is 1.